The Bertz CT molecular complexity index is 1160. The number of hydrazine groups is 1. The Hall–Kier alpha value is -3.36. The summed E-state index contributed by atoms with van der Waals surface area (Å²) in [7, 11) is 3.84. The largest absolute Gasteiger partial charge is 0.318 e. The fraction of sp³-hybridized carbons (Fsp3) is 0.0952. The lowest BCUT2D eigenvalue weighted by molar-refractivity contribution is 0.111. The number of nitrogens with one attached hydrogen (secondary N) is 1. The zero-order chi connectivity index (χ0) is 21.7. The lowest BCUT2D eigenvalue weighted by Gasteiger charge is -2.13. The second-order valence-corrected chi connectivity index (χ2v) is 6.79. The maximum Gasteiger partial charge on any atom is 0.166 e. The highest BCUT2D eigenvalue weighted by molar-refractivity contribution is 6.33. The fourth-order valence-electron chi connectivity index (χ4n) is 2.79. The molecule has 9 heteroatoms. The van der Waals surface area contributed by atoms with Gasteiger partial charge in [0.25, 0.3) is 0 Å². The highest BCUT2D eigenvalue weighted by Gasteiger charge is 2.17. The number of anilines is 1. The van der Waals surface area contributed by atoms with E-state index in [-0.39, 0.29) is 17.0 Å². The molecule has 1 N–H and O–H groups in total. The van der Waals surface area contributed by atoms with Crippen LogP contribution < -0.4 is 5.43 Å². The van der Waals surface area contributed by atoms with E-state index >= 15 is 0 Å². The molecular formula is C21H18ClF2N5O. The summed E-state index contributed by atoms with van der Waals surface area (Å²) in [5.41, 5.74) is 4.07. The minimum Gasteiger partial charge on any atom is -0.318 e. The standard InChI is InChI=1S/C13H7F2N3O.C8H11ClN2/c14-10-2-1-3-11(15)12(10)18-9(6-19)4-8-5-16-7-17-13(8)18;1-11(2)10-8-6-4-3-5-7(8)9/h1-7H;3-6,10H,1-2H3. The molecule has 0 aliphatic heterocycles. The number of nitrogens with zero attached hydrogens (tertiary/aromatic N) is 4. The van der Waals surface area contributed by atoms with E-state index in [1.165, 1.54) is 24.7 Å². The summed E-state index contributed by atoms with van der Waals surface area (Å²) < 4.78 is 28.8. The monoisotopic (exact) mass is 429 g/mol. The van der Waals surface area contributed by atoms with E-state index in [0.29, 0.717) is 11.7 Å². The predicted octanol–water partition coefficient (Wildman–Crippen LogP) is 4.74. The van der Waals surface area contributed by atoms with Crippen LogP contribution in [-0.2, 0) is 0 Å². The Balaban J connectivity index is 0.000000199. The van der Waals surface area contributed by atoms with Crippen LogP contribution >= 0.6 is 11.6 Å². The van der Waals surface area contributed by atoms with Gasteiger partial charge in [0.1, 0.15) is 29.3 Å². The lowest BCUT2D eigenvalue weighted by atomic mass is 10.3. The molecule has 2 aromatic carbocycles. The van der Waals surface area contributed by atoms with E-state index in [2.05, 4.69) is 15.4 Å². The van der Waals surface area contributed by atoms with Gasteiger partial charge in [0.15, 0.2) is 6.29 Å². The van der Waals surface area contributed by atoms with Gasteiger partial charge in [-0.2, -0.15) is 0 Å². The van der Waals surface area contributed by atoms with Crippen LogP contribution in [0.5, 0.6) is 0 Å². The average molecular weight is 430 g/mol. The molecule has 0 bridgehead atoms. The number of aromatic nitrogens is 3. The molecule has 0 amide bonds. The van der Waals surface area contributed by atoms with Gasteiger partial charge in [-0.3, -0.25) is 9.36 Å². The van der Waals surface area contributed by atoms with Crippen molar-refractivity contribution in [3.05, 3.63) is 83.4 Å². The molecule has 4 aromatic rings. The molecule has 2 aromatic heterocycles. The summed E-state index contributed by atoms with van der Waals surface area (Å²) in [6, 6.07) is 12.6. The molecule has 6 nitrogen and oxygen atoms in total. The second-order valence-electron chi connectivity index (χ2n) is 6.38. The molecule has 0 aliphatic rings. The first-order valence-corrected chi connectivity index (χ1v) is 9.19. The third kappa shape index (κ3) is 4.61. The number of para-hydroxylation sites is 2. The Morgan fingerprint density at radius 3 is 2.43 bits per heavy atom. The summed E-state index contributed by atoms with van der Waals surface area (Å²) in [6.07, 6.45) is 3.25. The Labute approximate surface area is 176 Å². The van der Waals surface area contributed by atoms with Gasteiger partial charge in [-0.1, -0.05) is 29.8 Å². The van der Waals surface area contributed by atoms with E-state index in [1.54, 1.807) is 0 Å². The van der Waals surface area contributed by atoms with Gasteiger partial charge in [0.05, 0.1) is 16.4 Å². The van der Waals surface area contributed by atoms with Gasteiger partial charge >= 0.3 is 0 Å². The number of hydrogen-bond donors (Lipinski definition) is 1. The van der Waals surface area contributed by atoms with Gasteiger partial charge in [0.2, 0.25) is 0 Å². The van der Waals surface area contributed by atoms with Crippen LogP contribution in [0.15, 0.2) is 61.1 Å². The number of aldehydes is 1. The number of fused-ring (bicyclic) bond motifs is 1. The van der Waals surface area contributed by atoms with Crippen LogP contribution in [0.2, 0.25) is 5.02 Å². The third-order valence-corrected chi connectivity index (χ3v) is 4.32. The molecule has 30 heavy (non-hydrogen) atoms. The van der Waals surface area contributed by atoms with Crippen molar-refractivity contribution < 1.29 is 13.6 Å². The maximum absolute atomic E-state index is 13.8. The van der Waals surface area contributed by atoms with Gasteiger partial charge in [-0.25, -0.2) is 23.8 Å². The SMILES string of the molecule is CN(C)Nc1ccccc1Cl.O=Cc1cc2cncnc2n1-c1c(F)cccc1F. The molecule has 0 fully saturated rings. The summed E-state index contributed by atoms with van der Waals surface area (Å²) in [6.45, 7) is 0. The molecule has 0 saturated carbocycles. The van der Waals surface area contributed by atoms with Crippen molar-refractivity contribution in [2.45, 2.75) is 0 Å². The van der Waals surface area contributed by atoms with Crippen LogP contribution in [0.1, 0.15) is 10.5 Å². The molecule has 0 atom stereocenters. The average Bonchev–Trinajstić information content (AvgIpc) is 3.08. The minimum atomic E-state index is -0.765. The highest BCUT2D eigenvalue weighted by Crippen LogP contribution is 2.25. The number of halogens is 3. The van der Waals surface area contributed by atoms with Crippen molar-refractivity contribution >= 4 is 34.6 Å². The second kappa shape index (κ2) is 9.43. The van der Waals surface area contributed by atoms with Crippen molar-refractivity contribution in [1.82, 2.24) is 19.5 Å². The normalized spacial score (nSPS) is 10.6. The van der Waals surface area contributed by atoms with Gasteiger partial charge in [0, 0.05) is 25.7 Å². The van der Waals surface area contributed by atoms with E-state index in [0.717, 1.165) is 27.4 Å². The van der Waals surface area contributed by atoms with Crippen LogP contribution in [0.25, 0.3) is 16.7 Å². The Morgan fingerprint density at radius 2 is 1.80 bits per heavy atom. The van der Waals surface area contributed by atoms with Crippen molar-refractivity contribution in [2.24, 2.45) is 0 Å². The molecule has 0 radical (unpaired) electrons. The molecule has 0 saturated heterocycles. The van der Waals surface area contributed by atoms with E-state index in [4.69, 9.17) is 11.6 Å². The van der Waals surface area contributed by atoms with Gasteiger partial charge in [-0.05, 0) is 30.3 Å². The Morgan fingerprint density at radius 1 is 1.10 bits per heavy atom. The summed E-state index contributed by atoms with van der Waals surface area (Å²) in [5.74, 6) is -1.53. The zero-order valence-electron chi connectivity index (χ0n) is 16.2. The number of hydrogen-bond acceptors (Lipinski definition) is 5. The van der Waals surface area contributed by atoms with Crippen molar-refractivity contribution in [2.75, 3.05) is 19.5 Å². The van der Waals surface area contributed by atoms with E-state index in [9.17, 15) is 13.6 Å². The Kier molecular flexibility index (Phi) is 6.71. The van der Waals surface area contributed by atoms with Crippen molar-refractivity contribution in [3.8, 4) is 5.69 Å². The van der Waals surface area contributed by atoms with Crippen molar-refractivity contribution in [3.63, 3.8) is 0 Å². The predicted molar refractivity (Wildman–Crippen MR) is 113 cm³/mol. The summed E-state index contributed by atoms with van der Waals surface area (Å²) in [4.78, 5) is 18.9. The molecule has 0 unspecified atom stereocenters. The van der Waals surface area contributed by atoms with E-state index < -0.39 is 11.6 Å². The molecular weight excluding hydrogens is 412 g/mol. The highest BCUT2D eigenvalue weighted by atomic mass is 35.5. The van der Waals surface area contributed by atoms with Crippen LogP contribution in [0.4, 0.5) is 14.5 Å². The molecule has 0 spiro atoms. The van der Waals surface area contributed by atoms with Crippen LogP contribution in [-0.4, -0.2) is 39.9 Å². The smallest absolute Gasteiger partial charge is 0.166 e. The fourth-order valence-corrected chi connectivity index (χ4v) is 2.96. The first-order chi connectivity index (χ1) is 14.4. The number of carbonyl (C=O) groups excluding carboxylic acids is 1. The van der Waals surface area contributed by atoms with Crippen LogP contribution in [0.3, 0.4) is 0 Å². The minimum absolute atomic E-state index is 0.111. The number of rotatable bonds is 4. The maximum atomic E-state index is 13.8. The summed E-state index contributed by atoms with van der Waals surface area (Å²) in [5, 5.41) is 3.12. The molecule has 4 rings (SSSR count). The third-order valence-electron chi connectivity index (χ3n) is 3.99. The lowest BCUT2D eigenvalue weighted by Crippen LogP contribution is -2.19. The first-order valence-electron chi connectivity index (χ1n) is 8.82. The van der Waals surface area contributed by atoms with Gasteiger partial charge < -0.3 is 5.43 Å². The van der Waals surface area contributed by atoms with E-state index in [1.807, 2.05) is 43.4 Å². The van der Waals surface area contributed by atoms with Gasteiger partial charge in [-0.15, -0.1) is 0 Å². The zero-order valence-corrected chi connectivity index (χ0v) is 16.9. The van der Waals surface area contributed by atoms with Crippen molar-refractivity contribution in [1.29, 1.82) is 0 Å². The molecule has 0 aliphatic carbocycles. The number of benzene rings is 2. The molecule has 2 heterocycles. The molecule has 154 valence electrons. The quantitative estimate of drug-likeness (QED) is 0.375. The number of carbonyl (C=O) groups is 1. The first kappa shape index (κ1) is 21.4. The van der Waals surface area contributed by atoms with Crippen LogP contribution in [0, 0.1) is 11.6 Å². The summed E-state index contributed by atoms with van der Waals surface area (Å²) >= 11 is 5.88. The topological polar surface area (TPSA) is 63.1 Å².